The van der Waals surface area contributed by atoms with Gasteiger partial charge in [0.05, 0.1) is 13.2 Å². The highest BCUT2D eigenvalue weighted by Crippen LogP contribution is 2.17. The first-order chi connectivity index (χ1) is 13.7. The molecule has 0 aromatic heterocycles. The summed E-state index contributed by atoms with van der Waals surface area (Å²) in [4.78, 5) is 9.48. The molecule has 0 radical (unpaired) electrons. The van der Waals surface area contributed by atoms with Gasteiger partial charge in [0.25, 0.3) is 0 Å². The molecule has 0 saturated carbocycles. The average Bonchev–Trinajstić information content (AvgIpc) is 2.74. The van der Waals surface area contributed by atoms with Crippen molar-refractivity contribution in [2.24, 2.45) is 10.7 Å². The van der Waals surface area contributed by atoms with E-state index in [0.29, 0.717) is 25.2 Å². The Morgan fingerprint density at radius 3 is 2.46 bits per heavy atom. The second kappa shape index (κ2) is 10.1. The zero-order valence-electron chi connectivity index (χ0n) is 16.8. The summed E-state index contributed by atoms with van der Waals surface area (Å²) in [5.41, 5.74) is 9.42. The predicted octanol–water partition coefficient (Wildman–Crippen LogP) is 2.77. The summed E-state index contributed by atoms with van der Waals surface area (Å²) in [5, 5.41) is 3.20. The van der Waals surface area contributed by atoms with Gasteiger partial charge in [-0.2, -0.15) is 0 Å². The number of nitrogens with zero attached hydrogens (tertiary/aromatic N) is 3. The largest absolute Gasteiger partial charge is 0.380 e. The third-order valence-electron chi connectivity index (χ3n) is 5.16. The molecular formula is C22H31N5O. The maximum absolute atomic E-state index is 6.12. The van der Waals surface area contributed by atoms with Crippen molar-refractivity contribution in [3.8, 4) is 0 Å². The van der Waals surface area contributed by atoms with E-state index in [1.165, 1.54) is 5.69 Å². The van der Waals surface area contributed by atoms with E-state index in [4.69, 9.17) is 10.5 Å². The summed E-state index contributed by atoms with van der Waals surface area (Å²) >= 11 is 0. The zero-order valence-corrected chi connectivity index (χ0v) is 16.8. The summed E-state index contributed by atoms with van der Waals surface area (Å²) in [6.45, 7) is 7.58. The highest BCUT2D eigenvalue weighted by molar-refractivity contribution is 5.93. The Morgan fingerprint density at radius 1 is 1.07 bits per heavy atom. The van der Waals surface area contributed by atoms with Gasteiger partial charge in [0.1, 0.15) is 0 Å². The highest BCUT2D eigenvalue weighted by atomic mass is 16.5. The number of nitrogens with one attached hydrogen (secondary N) is 1. The van der Waals surface area contributed by atoms with Crippen LogP contribution in [0.3, 0.4) is 0 Å². The van der Waals surface area contributed by atoms with Crippen molar-refractivity contribution in [1.82, 2.24) is 4.90 Å². The lowest BCUT2D eigenvalue weighted by Gasteiger charge is -2.38. The minimum atomic E-state index is 0.354. The van der Waals surface area contributed by atoms with Gasteiger partial charge >= 0.3 is 0 Å². The number of ether oxygens (including phenoxy) is 1. The van der Waals surface area contributed by atoms with Crippen LogP contribution >= 0.6 is 0 Å². The van der Waals surface area contributed by atoms with Crippen molar-refractivity contribution in [2.45, 2.75) is 19.6 Å². The predicted molar refractivity (Wildman–Crippen MR) is 117 cm³/mol. The van der Waals surface area contributed by atoms with Crippen molar-refractivity contribution >= 4 is 17.3 Å². The average molecular weight is 382 g/mol. The molecule has 1 atom stereocenters. The van der Waals surface area contributed by atoms with E-state index in [-0.39, 0.29) is 0 Å². The maximum Gasteiger partial charge on any atom is 0.193 e. The van der Waals surface area contributed by atoms with E-state index in [2.05, 4.69) is 57.4 Å². The molecule has 0 spiro atoms. The molecular weight excluding hydrogens is 350 g/mol. The number of rotatable bonds is 7. The van der Waals surface area contributed by atoms with E-state index in [1.807, 2.05) is 24.3 Å². The molecule has 3 N–H and O–H groups in total. The van der Waals surface area contributed by atoms with Crippen LogP contribution in [0.1, 0.15) is 12.5 Å². The molecule has 28 heavy (non-hydrogen) atoms. The van der Waals surface area contributed by atoms with Crippen molar-refractivity contribution in [2.75, 3.05) is 50.1 Å². The first-order valence-electron chi connectivity index (χ1n) is 9.85. The van der Waals surface area contributed by atoms with Gasteiger partial charge in [0.15, 0.2) is 5.96 Å². The fraction of sp³-hybridized carbons (Fsp3) is 0.409. The smallest absolute Gasteiger partial charge is 0.193 e. The molecule has 6 nitrogen and oxygen atoms in total. The first kappa shape index (κ1) is 20.2. The van der Waals surface area contributed by atoms with E-state index < -0.39 is 0 Å². The quantitative estimate of drug-likeness (QED) is 0.570. The Labute approximate surface area is 168 Å². The van der Waals surface area contributed by atoms with E-state index >= 15 is 0 Å². The number of hydrogen-bond acceptors (Lipinski definition) is 4. The van der Waals surface area contributed by atoms with Gasteiger partial charge in [0.2, 0.25) is 0 Å². The maximum atomic E-state index is 6.12. The monoisotopic (exact) mass is 381 g/mol. The molecule has 2 aromatic rings. The lowest BCUT2D eigenvalue weighted by atomic mass is 10.2. The van der Waals surface area contributed by atoms with Crippen LogP contribution in [0.5, 0.6) is 0 Å². The lowest BCUT2D eigenvalue weighted by Crippen LogP contribution is -2.50. The fourth-order valence-corrected chi connectivity index (χ4v) is 3.51. The molecule has 1 aliphatic heterocycles. The SMILES string of the molecule is COCc1ccccc1NC(N)=NCC(C)N1CCN(c2ccccc2)CC1. The Bertz CT molecular complexity index is 757. The summed E-state index contributed by atoms with van der Waals surface area (Å²) in [6.07, 6.45) is 0. The van der Waals surface area contributed by atoms with Crippen molar-refractivity contribution in [1.29, 1.82) is 0 Å². The highest BCUT2D eigenvalue weighted by Gasteiger charge is 2.21. The number of methoxy groups -OCH3 is 1. The molecule has 1 aliphatic rings. The number of benzene rings is 2. The fourth-order valence-electron chi connectivity index (χ4n) is 3.51. The number of aliphatic imine (C=N–C) groups is 1. The third kappa shape index (κ3) is 5.47. The Morgan fingerprint density at radius 2 is 1.75 bits per heavy atom. The minimum absolute atomic E-state index is 0.354. The van der Waals surface area contributed by atoms with Crippen LogP contribution in [0.4, 0.5) is 11.4 Å². The minimum Gasteiger partial charge on any atom is -0.380 e. The summed E-state index contributed by atoms with van der Waals surface area (Å²) in [5.74, 6) is 0.443. The molecule has 1 saturated heterocycles. The normalized spacial score (nSPS) is 16.8. The van der Waals surface area contributed by atoms with Gasteiger partial charge in [0, 0.05) is 56.3 Å². The first-order valence-corrected chi connectivity index (χ1v) is 9.85. The van der Waals surface area contributed by atoms with Gasteiger partial charge in [-0.05, 0) is 25.1 Å². The van der Waals surface area contributed by atoms with Crippen LogP contribution in [0.15, 0.2) is 59.6 Å². The number of anilines is 2. The number of guanidine groups is 1. The number of para-hydroxylation sites is 2. The number of piperazine rings is 1. The Balaban J connectivity index is 1.49. The lowest BCUT2D eigenvalue weighted by molar-refractivity contribution is 0.185. The van der Waals surface area contributed by atoms with Crippen LogP contribution < -0.4 is 16.0 Å². The summed E-state index contributed by atoms with van der Waals surface area (Å²) in [7, 11) is 1.69. The van der Waals surface area contributed by atoms with E-state index in [0.717, 1.165) is 37.4 Å². The molecule has 1 unspecified atom stereocenters. The molecule has 2 aromatic carbocycles. The molecule has 1 heterocycles. The topological polar surface area (TPSA) is 66.1 Å². The van der Waals surface area contributed by atoms with Crippen LogP contribution in [0, 0.1) is 0 Å². The second-order valence-corrected chi connectivity index (χ2v) is 7.15. The van der Waals surface area contributed by atoms with Gasteiger partial charge in [-0.25, -0.2) is 0 Å². The van der Waals surface area contributed by atoms with Crippen molar-refractivity contribution < 1.29 is 4.74 Å². The molecule has 1 fully saturated rings. The van der Waals surface area contributed by atoms with Gasteiger partial charge in [-0.3, -0.25) is 9.89 Å². The second-order valence-electron chi connectivity index (χ2n) is 7.15. The molecule has 3 rings (SSSR count). The number of nitrogens with two attached hydrogens (primary N) is 1. The van der Waals surface area contributed by atoms with Crippen LogP contribution in [0.25, 0.3) is 0 Å². The summed E-state index contributed by atoms with van der Waals surface area (Å²) < 4.78 is 5.24. The van der Waals surface area contributed by atoms with Gasteiger partial charge < -0.3 is 20.7 Å². The van der Waals surface area contributed by atoms with Crippen molar-refractivity contribution in [3.05, 3.63) is 60.2 Å². The Kier molecular flexibility index (Phi) is 7.28. The molecule has 0 amide bonds. The summed E-state index contributed by atoms with van der Waals surface area (Å²) in [6, 6.07) is 18.9. The standard InChI is InChI=1S/C22H31N5O/c1-18(26-12-14-27(15-13-26)20-9-4-3-5-10-20)16-24-22(23)25-21-11-7-6-8-19(21)17-28-2/h3-11,18H,12-17H2,1-2H3,(H3,23,24,25). The van der Waals surface area contributed by atoms with E-state index in [9.17, 15) is 0 Å². The van der Waals surface area contributed by atoms with Gasteiger partial charge in [-0.15, -0.1) is 0 Å². The van der Waals surface area contributed by atoms with Crippen molar-refractivity contribution in [3.63, 3.8) is 0 Å². The molecule has 6 heteroatoms. The van der Waals surface area contributed by atoms with E-state index in [1.54, 1.807) is 7.11 Å². The molecule has 0 aliphatic carbocycles. The van der Waals surface area contributed by atoms with Gasteiger partial charge in [-0.1, -0.05) is 36.4 Å². The zero-order chi connectivity index (χ0) is 19.8. The van der Waals surface area contributed by atoms with Crippen LogP contribution in [0.2, 0.25) is 0 Å². The number of hydrogen-bond donors (Lipinski definition) is 2. The van der Waals surface area contributed by atoms with Crippen LogP contribution in [-0.4, -0.2) is 56.7 Å². The third-order valence-corrected chi connectivity index (χ3v) is 5.16. The Hall–Kier alpha value is -2.57. The molecule has 0 bridgehead atoms. The van der Waals surface area contributed by atoms with Crippen LogP contribution in [-0.2, 0) is 11.3 Å². The molecule has 150 valence electrons.